The Kier molecular flexibility index (Phi) is 12.5. The van der Waals surface area contributed by atoms with Gasteiger partial charge in [0, 0.05) is 19.1 Å². The van der Waals surface area contributed by atoms with Crippen LogP contribution in [0.15, 0.2) is 4.99 Å². The van der Waals surface area contributed by atoms with Crippen molar-refractivity contribution in [2.45, 2.75) is 65.3 Å². The number of likely N-dealkylation sites (tertiary alicyclic amines) is 1. The van der Waals surface area contributed by atoms with Crippen molar-refractivity contribution in [1.82, 2.24) is 10.2 Å². The Morgan fingerprint density at radius 2 is 2.10 bits per heavy atom. The van der Waals surface area contributed by atoms with Gasteiger partial charge in [0.15, 0.2) is 5.96 Å². The molecule has 1 rings (SSSR count). The molecule has 0 spiro atoms. The van der Waals surface area contributed by atoms with Gasteiger partial charge in [-0.15, -0.1) is 24.0 Å². The Morgan fingerprint density at radius 3 is 2.76 bits per heavy atom. The van der Waals surface area contributed by atoms with Gasteiger partial charge in [-0.2, -0.15) is 0 Å². The molecule has 0 aromatic rings. The molecule has 1 atom stereocenters. The minimum absolute atomic E-state index is 0. The molecule has 0 amide bonds. The second kappa shape index (κ2) is 12.5. The first-order valence-electron chi connectivity index (χ1n) is 8.41. The number of nitrogens with zero attached hydrogens (tertiary/aromatic N) is 2. The molecule has 4 nitrogen and oxygen atoms in total. The van der Waals surface area contributed by atoms with E-state index in [-0.39, 0.29) is 24.0 Å². The summed E-state index contributed by atoms with van der Waals surface area (Å²) < 4.78 is 0. The van der Waals surface area contributed by atoms with Crippen molar-refractivity contribution in [3.8, 4) is 0 Å². The van der Waals surface area contributed by atoms with Crippen LogP contribution in [0.3, 0.4) is 0 Å². The van der Waals surface area contributed by atoms with E-state index in [1.165, 1.54) is 51.6 Å². The summed E-state index contributed by atoms with van der Waals surface area (Å²) in [7, 11) is 0. The van der Waals surface area contributed by atoms with Crippen molar-refractivity contribution in [3.63, 3.8) is 0 Å². The molecular formula is C16H35IN4. The highest BCUT2D eigenvalue weighted by molar-refractivity contribution is 14.0. The fourth-order valence-corrected chi connectivity index (χ4v) is 2.84. The van der Waals surface area contributed by atoms with E-state index in [0.29, 0.717) is 12.0 Å². The molecule has 1 aliphatic rings. The van der Waals surface area contributed by atoms with Crippen LogP contribution in [0.5, 0.6) is 0 Å². The summed E-state index contributed by atoms with van der Waals surface area (Å²) in [4.78, 5) is 7.10. The lowest BCUT2D eigenvalue weighted by Crippen LogP contribution is -2.37. The molecule has 5 heteroatoms. The Morgan fingerprint density at radius 1 is 1.33 bits per heavy atom. The van der Waals surface area contributed by atoms with Crippen LogP contribution < -0.4 is 11.1 Å². The minimum Gasteiger partial charge on any atom is -0.370 e. The minimum atomic E-state index is 0. The number of guanidine groups is 1. The summed E-state index contributed by atoms with van der Waals surface area (Å²) in [5.74, 6) is 1.35. The van der Waals surface area contributed by atoms with E-state index in [9.17, 15) is 0 Å². The monoisotopic (exact) mass is 410 g/mol. The number of rotatable bonds is 9. The van der Waals surface area contributed by atoms with Gasteiger partial charge in [-0.3, -0.25) is 9.89 Å². The van der Waals surface area contributed by atoms with Crippen LogP contribution in [0, 0.1) is 5.92 Å². The van der Waals surface area contributed by atoms with Crippen LogP contribution in [-0.4, -0.2) is 43.1 Å². The van der Waals surface area contributed by atoms with Gasteiger partial charge in [0.05, 0.1) is 6.54 Å². The van der Waals surface area contributed by atoms with E-state index in [1.807, 2.05) is 0 Å². The Hall–Kier alpha value is -0.0400. The first kappa shape index (κ1) is 21.0. The first-order valence-corrected chi connectivity index (χ1v) is 8.41. The average molecular weight is 410 g/mol. The van der Waals surface area contributed by atoms with Crippen molar-refractivity contribution in [2.75, 3.05) is 26.2 Å². The smallest absolute Gasteiger partial charge is 0.188 e. The van der Waals surface area contributed by atoms with Gasteiger partial charge in [0.1, 0.15) is 0 Å². The second-order valence-electron chi connectivity index (χ2n) is 6.40. The van der Waals surface area contributed by atoms with Gasteiger partial charge in [-0.05, 0) is 31.7 Å². The molecule has 0 radical (unpaired) electrons. The maximum Gasteiger partial charge on any atom is 0.188 e. The lowest BCUT2D eigenvalue weighted by Gasteiger charge is -2.24. The van der Waals surface area contributed by atoms with E-state index < -0.39 is 0 Å². The molecule has 0 aromatic carbocycles. The van der Waals surface area contributed by atoms with E-state index in [2.05, 4.69) is 36.0 Å². The molecule has 0 saturated carbocycles. The van der Waals surface area contributed by atoms with E-state index in [1.54, 1.807) is 0 Å². The summed E-state index contributed by atoms with van der Waals surface area (Å²) in [5, 5.41) is 3.23. The number of aliphatic imine (C=N–C) groups is 1. The van der Waals surface area contributed by atoms with Crippen LogP contribution in [0.1, 0.15) is 59.3 Å². The number of unbranched alkanes of at least 4 members (excludes halogenated alkanes) is 3. The summed E-state index contributed by atoms with van der Waals surface area (Å²) in [6.07, 6.45) is 7.62. The lowest BCUT2D eigenvalue weighted by atomic mass is 10.2. The molecule has 0 unspecified atom stereocenters. The normalized spacial score (nSPS) is 19.8. The zero-order valence-electron chi connectivity index (χ0n) is 14.1. The molecule has 1 fully saturated rings. The van der Waals surface area contributed by atoms with Crippen molar-refractivity contribution in [1.29, 1.82) is 0 Å². The molecule has 3 N–H and O–H groups in total. The Balaban J connectivity index is 0.00000400. The number of nitrogens with one attached hydrogen (secondary N) is 1. The SMILES string of the molecule is CCCCCCNC(N)=NC[C@H]1CCCN1CC(C)C.I. The lowest BCUT2D eigenvalue weighted by molar-refractivity contribution is 0.231. The first-order chi connectivity index (χ1) is 9.63. The number of nitrogens with two attached hydrogens (primary N) is 1. The van der Waals surface area contributed by atoms with Crippen molar-refractivity contribution >= 4 is 29.9 Å². The molecule has 0 bridgehead atoms. The van der Waals surface area contributed by atoms with E-state index in [4.69, 9.17) is 5.73 Å². The topological polar surface area (TPSA) is 53.6 Å². The predicted octanol–water partition coefficient (Wildman–Crippen LogP) is 3.21. The van der Waals surface area contributed by atoms with Gasteiger partial charge in [-0.25, -0.2) is 0 Å². The predicted molar refractivity (Wildman–Crippen MR) is 103 cm³/mol. The number of hydrogen-bond donors (Lipinski definition) is 2. The molecule has 21 heavy (non-hydrogen) atoms. The van der Waals surface area contributed by atoms with Gasteiger partial charge < -0.3 is 11.1 Å². The summed E-state index contributed by atoms with van der Waals surface area (Å²) in [6, 6.07) is 0.595. The summed E-state index contributed by atoms with van der Waals surface area (Å²) in [6.45, 7) is 11.0. The Bertz CT molecular complexity index is 281. The third-order valence-corrected chi connectivity index (χ3v) is 3.91. The summed E-state index contributed by atoms with van der Waals surface area (Å²) >= 11 is 0. The van der Waals surface area contributed by atoms with Crippen LogP contribution in [0.4, 0.5) is 0 Å². The highest BCUT2D eigenvalue weighted by Gasteiger charge is 2.24. The Labute approximate surface area is 148 Å². The zero-order valence-corrected chi connectivity index (χ0v) is 16.4. The average Bonchev–Trinajstić information content (AvgIpc) is 2.82. The van der Waals surface area contributed by atoms with Gasteiger partial charge in [0.2, 0.25) is 0 Å². The molecule has 0 aromatic heterocycles. The van der Waals surface area contributed by atoms with Crippen molar-refractivity contribution < 1.29 is 0 Å². The van der Waals surface area contributed by atoms with Gasteiger partial charge in [0.25, 0.3) is 0 Å². The number of hydrogen-bond acceptors (Lipinski definition) is 2. The standard InChI is InChI=1S/C16H34N4.HI/c1-4-5-6-7-10-18-16(17)19-12-15-9-8-11-20(15)13-14(2)3;/h14-15H,4-13H2,1-3H3,(H3,17,18,19);1H/t15-;/m1./s1. The van der Waals surface area contributed by atoms with Crippen LogP contribution in [0.25, 0.3) is 0 Å². The third kappa shape index (κ3) is 9.55. The molecular weight excluding hydrogens is 375 g/mol. The number of halogens is 1. The molecule has 1 saturated heterocycles. The fourth-order valence-electron chi connectivity index (χ4n) is 2.84. The van der Waals surface area contributed by atoms with E-state index >= 15 is 0 Å². The molecule has 126 valence electrons. The van der Waals surface area contributed by atoms with Crippen molar-refractivity contribution in [2.24, 2.45) is 16.6 Å². The largest absolute Gasteiger partial charge is 0.370 e. The molecule has 1 heterocycles. The highest BCUT2D eigenvalue weighted by atomic mass is 127. The second-order valence-corrected chi connectivity index (χ2v) is 6.40. The van der Waals surface area contributed by atoms with Crippen molar-refractivity contribution in [3.05, 3.63) is 0 Å². The molecule has 1 aliphatic heterocycles. The molecule has 0 aliphatic carbocycles. The summed E-state index contributed by atoms with van der Waals surface area (Å²) in [5.41, 5.74) is 5.93. The maximum absolute atomic E-state index is 5.93. The van der Waals surface area contributed by atoms with Gasteiger partial charge in [-0.1, -0.05) is 40.0 Å². The van der Waals surface area contributed by atoms with Gasteiger partial charge >= 0.3 is 0 Å². The van der Waals surface area contributed by atoms with E-state index in [0.717, 1.165) is 19.0 Å². The van der Waals surface area contributed by atoms with Crippen LogP contribution in [-0.2, 0) is 0 Å². The van der Waals surface area contributed by atoms with Crippen LogP contribution in [0.2, 0.25) is 0 Å². The zero-order chi connectivity index (χ0) is 14.8. The maximum atomic E-state index is 5.93. The van der Waals surface area contributed by atoms with Crippen LogP contribution >= 0.6 is 24.0 Å². The quantitative estimate of drug-likeness (QED) is 0.266. The highest BCUT2D eigenvalue weighted by Crippen LogP contribution is 2.18. The fraction of sp³-hybridized carbons (Fsp3) is 0.938. The third-order valence-electron chi connectivity index (χ3n) is 3.91.